The Balaban J connectivity index is 2.01. The zero-order valence-corrected chi connectivity index (χ0v) is 18.1. The molecular weight excluding hydrogens is 322 g/mol. The summed E-state index contributed by atoms with van der Waals surface area (Å²) in [6, 6.07) is 4.54. The fourth-order valence-corrected chi connectivity index (χ4v) is 5.40. The average molecular weight is 362 g/mol. The first-order chi connectivity index (χ1) is 11.8. The molecular formula is C23H39NS. The summed E-state index contributed by atoms with van der Waals surface area (Å²) in [6.45, 7) is 11.5. The van der Waals surface area contributed by atoms with Gasteiger partial charge in [-0.25, -0.2) is 0 Å². The van der Waals surface area contributed by atoms with Crippen molar-refractivity contribution in [2.24, 2.45) is 0 Å². The van der Waals surface area contributed by atoms with E-state index in [-0.39, 0.29) is 10.2 Å². The van der Waals surface area contributed by atoms with Gasteiger partial charge >= 0.3 is 0 Å². The first-order valence-corrected chi connectivity index (χ1v) is 11.3. The molecule has 0 amide bonds. The van der Waals surface area contributed by atoms with E-state index in [0.717, 1.165) is 5.25 Å². The van der Waals surface area contributed by atoms with E-state index in [9.17, 15) is 0 Å². The van der Waals surface area contributed by atoms with Crippen LogP contribution in [0.5, 0.6) is 0 Å². The Bertz CT molecular complexity index is 486. The van der Waals surface area contributed by atoms with Crippen molar-refractivity contribution >= 4 is 11.8 Å². The van der Waals surface area contributed by atoms with E-state index >= 15 is 0 Å². The van der Waals surface area contributed by atoms with Crippen LogP contribution in [0.25, 0.3) is 0 Å². The molecule has 1 aliphatic carbocycles. The van der Waals surface area contributed by atoms with Crippen LogP contribution in [0.15, 0.2) is 18.3 Å². The van der Waals surface area contributed by atoms with E-state index in [1.54, 1.807) is 0 Å². The van der Waals surface area contributed by atoms with Gasteiger partial charge in [-0.2, -0.15) is 0 Å². The third-order valence-corrected chi connectivity index (χ3v) is 7.12. The number of hydrogen-bond donors (Lipinski definition) is 0. The Morgan fingerprint density at radius 1 is 0.800 bits per heavy atom. The fourth-order valence-electron chi connectivity index (χ4n) is 3.75. The van der Waals surface area contributed by atoms with Gasteiger partial charge in [-0.15, -0.1) is 11.8 Å². The molecule has 1 aromatic rings. The van der Waals surface area contributed by atoms with Crippen LogP contribution in [0, 0.1) is 0 Å². The lowest BCUT2D eigenvalue weighted by atomic mass is 9.91. The Kier molecular flexibility index (Phi) is 7.86. The Morgan fingerprint density at radius 3 is 1.76 bits per heavy atom. The molecule has 1 saturated carbocycles. The zero-order valence-electron chi connectivity index (χ0n) is 17.2. The second-order valence-electron chi connectivity index (χ2n) is 9.34. The topological polar surface area (TPSA) is 12.9 Å². The minimum atomic E-state index is 0.130. The predicted octanol–water partition coefficient (Wildman–Crippen LogP) is 7.63. The van der Waals surface area contributed by atoms with E-state index < -0.39 is 0 Å². The van der Waals surface area contributed by atoms with E-state index in [1.165, 1.54) is 75.5 Å². The maximum Gasteiger partial charge on any atom is 0.0457 e. The molecule has 142 valence electrons. The van der Waals surface area contributed by atoms with Crippen LogP contribution in [0.2, 0.25) is 0 Å². The molecule has 25 heavy (non-hydrogen) atoms. The van der Waals surface area contributed by atoms with Crippen molar-refractivity contribution in [3.63, 3.8) is 0 Å². The second-order valence-corrected chi connectivity index (χ2v) is 11.3. The summed E-state index contributed by atoms with van der Waals surface area (Å²) in [5.74, 6) is 0. The van der Waals surface area contributed by atoms with Gasteiger partial charge < -0.3 is 0 Å². The number of aromatic nitrogens is 1. The van der Waals surface area contributed by atoms with Gasteiger partial charge in [0, 0.05) is 27.3 Å². The first kappa shape index (κ1) is 20.8. The molecule has 0 N–H and O–H groups in total. The van der Waals surface area contributed by atoms with Gasteiger partial charge in [0.2, 0.25) is 0 Å². The molecule has 0 saturated heterocycles. The van der Waals surface area contributed by atoms with Gasteiger partial charge in [0.1, 0.15) is 0 Å². The van der Waals surface area contributed by atoms with Crippen molar-refractivity contribution in [2.45, 2.75) is 114 Å². The van der Waals surface area contributed by atoms with Crippen molar-refractivity contribution in [1.29, 1.82) is 0 Å². The molecule has 0 radical (unpaired) electrons. The summed E-state index contributed by atoms with van der Waals surface area (Å²) in [4.78, 5) is 4.77. The molecule has 0 aromatic carbocycles. The standard InChI is InChI=1S/C23H39NS/c1-22(2,3)21-17-16-19(18-24-21)23(4,5)25-20-14-12-10-8-6-7-9-11-13-15-20/h16-18,20H,6-15H2,1-5H3. The van der Waals surface area contributed by atoms with E-state index in [2.05, 4.69) is 64.7 Å². The number of hydrogen-bond acceptors (Lipinski definition) is 2. The van der Waals surface area contributed by atoms with E-state index in [0.29, 0.717) is 0 Å². The van der Waals surface area contributed by atoms with Crippen LogP contribution in [0.3, 0.4) is 0 Å². The van der Waals surface area contributed by atoms with Crippen molar-refractivity contribution in [2.75, 3.05) is 0 Å². The number of rotatable bonds is 3. The quantitative estimate of drug-likeness (QED) is 0.549. The highest BCUT2D eigenvalue weighted by molar-refractivity contribution is 8.00. The van der Waals surface area contributed by atoms with Crippen molar-refractivity contribution in [3.05, 3.63) is 29.6 Å². The molecule has 1 nitrogen and oxygen atoms in total. The molecule has 2 heteroatoms. The minimum Gasteiger partial charge on any atom is -0.260 e. The lowest BCUT2D eigenvalue weighted by Crippen LogP contribution is -2.20. The third kappa shape index (κ3) is 6.96. The van der Waals surface area contributed by atoms with Crippen LogP contribution < -0.4 is 0 Å². The van der Waals surface area contributed by atoms with Crippen LogP contribution in [-0.2, 0) is 10.2 Å². The van der Waals surface area contributed by atoms with Crippen molar-refractivity contribution < 1.29 is 0 Å². The lowest BCUT2D eigenvalue weighted by molar-refractivity contribution is 0.566. The normalized spacial score (nSPS) is 19.4. The molecule has 0 atom stereocenters. The van der Waals surface area contributed by atoms with Gasteiger partial charge in [0.05, 0.1) is 0 Å². The molecule has 0 unspecified atom stereocenters. The molecule has 2 rings (SSSR count). The predicted molar refractivity (Wildman–Crippen MR) is 114 cm³/mol. The highest BCUT2D eigenvalue weighted by Gasteiger charge is 2.27. The van der Waals surface area contributed by atoms with Crippen LogP contribution >= 0.6 is 11.8 Å². The van der Waals surface area contributed by atoms with Crippen LogP contribution in [0.4, 0.5) is 0 Å². The number of thioether (sulfide) groups is 1. The molecule has 0 bridgehead atoms. The van der Waals surface area contributed by atoms with Crippen LogP contribution in [-0.4, -0.2) is 10.2 Å². The maximum absolute atomic E-state index is 4.77. The molecule has 1 fully saturated rings. The van der Waals surface area contributed by atoms with E-state index in [1.807, 2.05) is 0 Å². The summed E-state index contributed by atoms with van der Waals surface area (Å²) < 4.78 is 0.147. The summed E-state index contributed by atoms with van der Waals surface area (Å²) in [5, 5.41) is 0.801. The Hall–Kier alpha value is -0.500. The van der Waals surface area contributed by atoms with Gasteiger partial charge in [0.25, 0.3) is 0 Å². The van der Waals surface area contributed by atoms with Crippen LogP contribution in [0.1, 0.15) is 110 Å². The summed E-state index contributed by atoms with van der Waals surface area (Å²) in [6.07, 6.45) is 16.4. The largest absolute Gasteiger partial charge is 0.260 e. The third-order valence-electron chi connectivity index (χ3n) is 5.49. The Labute approximate surface area is 160 Å². The average Bonchev–Trinajstić information content (AvgIpc) is 2.60. The summed E-state index contributed by atoms with van der Waals surface area (Å²) in [7, 11) is 0. The minimum absolute atomic E-state index is 0.130. The maximum atomic E-state index is 4.77. The van der Waals surface area contributed by atoms with E-state index in [4.69, 9.17) is 4.98 Å². The number of nitrogens with zero attached hydrogens (tertiary/aromatic N) is 1. The zero-order chi connectivity index (χ0) is 18.3. The fraction of sp³-hybridized carbons (Fsp3) is 0.783. The first-order valence-electron chi connectivity index (χ1n) is 10.4. The number of pyridine rings is 1. The lowest BCUT2D eigenvalue weighted by Gasteiger charge is -2.30. The highest BCUT2D eigenvalue weighted by Crippen LogP contribution is 2.42. The van der Waals surface area contributed by atoms with Gasteiger partial charge in [-0.05, 0) is 38.3 Å². The summed E-state index contributed by atoms with van der Waals surface area (Å²) >= 11 is 2.19. The van der Waals surface area contributed by atoms with Crippen molar-refractivity contribution in [1.82, 2.24) is 4.98 Å². The molecule has 1 aliphatic rings. The molecule has 0 aliphatic heterocycles. The SMILES string of the molecule is CC(C)(C)c1ccc(C(C)(C)SC2CCCCCCCCCC2)cn1. The highest BCUT2D eigenvalue weighted by atomic mass is 32.2. The molecule has 0 spiro atoms. The molecule has 1 heterocycles. The van der Waals surface area contributed by atoms with Gasteiger partial charge in [-0.3, -0.25) is 4.98 Å². The summed E-state index contributed by atoms with van der Waals surface area (Å²) in [5.41, 5.74) is 2.69. The second kappa shape index (κ2) is 9.44. The van der Waals surface area contributed by atoms with Crippen molar-refractivity contribution in [3.8, 4) is 0 Å². The van der Waals surface area contributed by atoms with Gasteiger partial charge in [-0.1, -0.05) is 78.2 Å². The monoisotopic (exact) mass is 361 g/mol. The molecule has 1 aromatic heterocycles. The smallest absolute Gasteiger partial charge is 0.0457 e. The van der Waals surface area contributed by atoms with Gasteiger partial charge in [0.15, 0.2) is 0 Å². The Morgan fingerprint density at radius 2 is 1.32 bits per heavy atom.